The number of ether oxygens (including phenoxy) is 2. The van der Waals surface area contributed by atoms with E-state index in [-0.39, 0.29) is 24.3 Å². The van der Waals surface area contributed by atoms with Crippen molar-refractivity contribution in [3.05, 3.63) is 23.8 Å². The van der Waals surface area contributed by atoms with Gasteiger partial charge in [-0.15, -0.1) is 0 Å². The molecule has 28 heavy (non-hydrogen) atoms. The Morgan fingerprint density at radius 3 is 2.75 bits per heavy atom. The Morgan fingerprint density at radius 1 is 1.25 bits per heavy atom. The van der Waals surface area contributed by atoms with Crippen LogP contribution in [0.25, 0.3) is 0 Å². The first-order chi connectivity index (χ1) is 13.6. The van der Waals surface area contributed by atoms with Crippen molar-refractivity contribution < 1.29 is 19.1 Å². The number of piperazine rings is 1. The summed E-state index contributed by atoms with van der Waals surface area (Å²) in [5, 5.41) is 5.87. The van der Waals surface area contributed by atoms with Crippen molar-refractivity contribution in [2.24, 2.45) is 0 Å². The third-order valence-corrected chi connectivity index (χ3v) is 5.76. The van der Waals surface area contributed by atoms with Crippen LogP contribution in [0, 0.1) is 0 Å². The molecule has 1 unspecified atom stereocenters. The fraction of sp³-hybridized carbons (Fsp3) is 0.619. The van der Waals surface area contributed by atoms with Gasteiger partial charge in [-0.3, -0.25) is 14.5 Å². The summed E-state index contributed by atoms with van der Waals surface area (Å²) in [6.07, 6.45) is 5.55. The van der Waals surface area contributed by atoms with E-state index in [1.165, 1.54) is 12.8 Å². The van der Waals surface area contributed by atoms with Crippen molar-refractivity contribution in [1.29, 1.82) is 0 Å². The van der Waals surface area contributed by atoms with Gasteiger partial charge in [-0.25, -0.2) is 0 Å². The number of carbonyl (C=O) groups excluding carboxylic acids is 2. The summed E-state index contributed by atoms with van der Waals surface area (Å²) in [5.41, 5.74) is 1.01. The molecular formula is C21H31N3O4. The molecule has 1 saturated carbocycles. The third-order valence-electron chi connectivity index (χ3n) is 5.76. The standard InChI is InChI=1S/C21H31N3O4/c1-27-17-8-7-15(19(13-17)28-2)9-10-22-20(25)14-18-21(26)23-11-12-24(18)16-5-3-4-6-16/h7-8,13,16,18H,3-6,9-12,14H2,1-2H3,(H,22,25)(H,23,26). The summed E-state index contributed by atoms with van der Waals surface area (Å²) >= 11 is 0. The van der Waals surface area contributed by atoms with Gasteiger partial charge in [0.1, 0.15) is 11.5 Å². The van der Waals surface area contributed by atoms with Gasteiger partial charge < -0.3 is 20.1 Å². The molecule has 0 bridgehead atoms. The van der Waals surface area contributed by atoms with Gasteiger partial charge in [0.2, 0.25) is 11.8 Å². The van der Waals surface area contributed by atoms with Crippen molar-refractivity contribution >= 4 is 11.8 Å². The number of benzene rings is 1. The molecule has 1 aromatic rings. The summed E-state index contributed by atoms with van der Waals surface area (Å²) in [6, 6.07) is 5.74. The van der Waals surface area contributed by atoms with Gasteiger partial charge in [-0.2, -0.15) is 0 Å². The number of carbonyl (C=O) groups is 2. The highest BCUT2D eigenvalue weighted by Gasteiger charge is 2.36. The highest BCUT2D eigenvalue weighted by atomic mass is 16.5. The number of nitrogens with one attached hydrogen (secondary N) is 2. The van der Waals surface area contributed by atoms with E-state index in [4.69, 9.17) is 9.47 Å². The van der Waals surface area contributed by atoms with Crippen LogP contribution >= 0.6 is 0 Å². The highest BCUT2D eigenvalue weighted by molar-refractivity contribution is 5.88. The first-order valence-electron chi connectivity index (χ1n) is 10.1. The minimum Gasteiger partial charge on any atom is -0.497 e. The monoisotopic (exact) mass is 389 g/mol. The van der Waals surface area contributed by atoms with Crippen LogP contribution in [0.2, 0.25) is 0 Å². The zero-order valence-electron chi connectivity index (χ0n) is 16.8. The van der Waals surface area contributed by atoms with Gasteiger partial charge >= 0.3 is 0 Å². The zero-order chi connectivity index (χ0) is 19.9. The lowest BCUT2D eigenvalue weighted by Crippen LogP contribution is -2.59. The van der Waals surface area contributed by atoms with Gasteiger partial charge in [0.25, 0.3) is 0 Å². The van der Waals surface area contributed by atoms with E-state index in [0.717, 1.165) is 36.4 Å². The number of hydrogen-bond donors (Lipinski definition) is 2. The summed E-state index contributed by atoms with van der Waals surface area (Å²) < 4.78 is 10.6. The summed E-state index contributed by atoms with van der Waals surface area (Å²) in [4.78, 5) is 27.1. The SMILES string of the molecule is COc1ccc(CCNC(=O)CC2C(=O)NCCN2C2CCCC2)c(OC)c1. The van der Waals surface area contributed by atoms with Gasteiger partial charge in [-0.1, -0.05) is 18.9 Å². The van der Waals surface area contributed by atoms with E-state index >= 15 is 0 Å². The normalized spacial score (nSPS) is 20.6. The predicted molar refractivity (Wildman–Crippen MR) is 107 cm³/mol. The van der Waals surface area contributed by atoms with Gasteiger partial charge in [0.05, 0.1) is 26.7 Å². The number of methoxy groups -OCH3 is 2. The van der Waals surface area contributed by atoms with Crippen LogP contribution in [0.4, 0.5) is 0 Å². The molecule has 1 aliphatic carbocycles. The van der Waals surface area contributed by atoms with Crippen LogP contribution in [0.15, 0.2) is 18.2 Å². The van der Waals surface area contributed by atoms with Crippen LogP contribution < -0.4 is 20.1 Å². The smallest absolute Gasteiger partial charge is 0.237 e. The van der Waals surface area contributed by atoms with Crippen LogP contribution in [0.3, 0.4) is 0 Å². The van der Waals surface area contributed by atoms with Gasteiger partial charge in [0, 0.05) is 31.7 Å². The van der Waals surface area contributed by atoms with Crippen LogP contribution in [-0.2, 0) is 16.0 Å². The van der Waals surface area contributed by atoms with Crippen molar-refractivity contribution in [3.63, 3.8) is 0 Å². The lowest BCUT2D eigenvalue weighted by molar-refractivity contribution is -0.135. The molecule has 0 aromatic heterocycles. The summed E-state index contributed by atoms with van der Waals surface area (Å²) in [6.45, 7) is 2.00. The third kappa shape index (κ3) is 4.95. The topological polar surface area (TPSA) is 79.9 Å². The van der Waals surface area contributed by atoms with Gasteiger partial charge in [0.15, 0.2) is 0 Å². The molecule has 2 aliphatic rings. The second-order valence-electron chi connectivity index (χ2n) is 7.46. The summed E-state index contributed by atoms with van der Waals surface area (Å²) in [5.74, 6) is 1.37. The highest BCUT2D eigenvalue weighted by Crippen LogP contribution is 2.27. The second-order valence-corrected chi connectivity index (χ2v) is 7.46. The van der Waals surface area contributed by atoms with Crippen LogP contribution in [0.5, 0.6) is 11.5 Å². The average molecular weight is 389 g/mol. The quantitative estimate of drug-likeness (QED) is 0.704. The molecule has 1 aromatic carbocycles. The number of amides is 2. The van der Waals surface area contributed by atoms with Crippen molar-refractivity contribution in [3.8, 4) is 11.5 Å². The molecule has 154 valence electrons. The maximum atomic E-state index is 12.5. The molecule has 7 nitrogen and oxygen atoms in total. The first-order valence-corrected chi connectivity index (χ1v) is 10.1. The minimum atomic E-state index is -0.354. The van der Waals surface area contributed by atoms with Gasteiger partial charge in [-0.05, 0) is 30.9 Å². The molecule has 1 heterocycles. The van der Waals surface area contributed by atoms with E-state index in [0.29, 0.717) is 25.6 Å². The molecular weight excluding hydrogens is 358 g/mol. The fourth-order valence-corrected chi connectivity index (χ4v) is 4.26. The average Bonchev–Trinajstić information content (AvgIpc) is 3.24. The Morgan fingerprint density at radius 2 is 2.04 bits per heavy atom. The molecule has 1 atom stereocenters. The van der Waals surface area contributed by atoms with E-state index < -0.39 is 0 Å². The second kappa shape index (κ2) is 9.78. The van der Waals surface area contributed by atoms with Crippen molar-refractivity contribution in [2.75, 3.05) is 33.9 Å². The molecule has 1 saturated heterocycles. The maximum absolute atomic E-state index is 12.5. The lowest BCUT2D eigenvalue weighted by atomic mass is 10.0. The largest absolute Gasteiger partial charge is 0.497 e. The first kappa shape index (κ1) is 20.5. The Hall–Kier alpha value is -2.28. The molecule has 7 heteroatoms. The number of hydrogen-bond acceptors (Lipinski definition) is 5. The van der Waals surface area contributed by atoms with Crippen molar-refractivity contribution in [2.45, 2.75) is 50.6 Å². The molecule has 0 spiro atoms. The zero-order valence-corrected chi connectivity index (χ0v) is 16.8. The fourth-order valence-electron chi connectivity index (χ4n) is 4.26. The minimum absolute atomic E-state index is 0.0230. The summed E-state index contributed by atoms with van der Waals surface area (Å²) in [7, 11) is 3.24. The van der Waals surface area contributed by atoms with Crippen LogP contribution in [-0.4, -0.2) is 62.7 Å². The number of nitrogens with zero attached hydrogens (tertiary/aromatic N) is 1. The molecule has 2 N–H and O–H groups in total. The Labute approximate surface area is 166 Å². The predicted octanol–water partition coefficient (Wildman–Crippen LogP) is 1.50. The van der Waals surface area contributed by atoms with E-state index in [9.17, 15) is 9.59 Å². The molecule has 3 rings (SSSR count). The van der Waals surface area contributed by atoms with E-state index in [1.54, 1.807) is 14.2 Å². The maximum Gasteiger partial charge on any atom is 0.237 e. The van der Waals surface area contributed by atoms with E-state index in [1.807, 2.05) is 18.2 Å². The number of rotatable bonds is 8. The lowest BCUT2D eigenvalue weighted by Gasteiger charge is -2.38. The molecule has 1 aliphatic heterocycles. The van der Waals surface area contributed by atoms with E-state index in [2.05, 4.69) is 15.5 Å². The molecule has 0 radical (unpaired) electrons. The van der Waals surface area contributed by atoms with Crippen molar-refractivity contribution in [1.82, 2.24) is 15.5 Å². The Kier molecular flexibility index (Phi) is 7.14. The Bertz CT molecular complexity index is 688. The Balaban J connectivity index is 1.52. The molecule has 2 amide bonds. The molecule has 2 fully saturated rings. The van der Waals surface area contributed by atoms with Crippen LogP contribution in [0.1, 0.15) is 37.7 Å².